The van der Waals surface area contributed by atoms with Crippen LogP contribution in [0, 0.1) is 0 Å². The lowest BCUT2D eigenvalue weighted by molar-refractivity contribution is -0.140. The summed E-state index contributed by atoms with van der Waals surface area (Å²) in [7, 11) is 1.29. The summed E-state index contributed by atoms with van der Waals surface area (Å²) in [4.78, 5) is 25.0. The molecule has 0 saturated heterocycles. The maximum atomic E-state index is 12.4. The van der Waals surface area contributed by atoms with Crippen LogP contribution < -0.4 is 0 Å². The molecule has 1 unspecified atom stereocenters. The van der Waals surface area contributed by atoms with Gasteiger partial charge in [0.2, 0.25) is 0 Å². The van der Waals surface area contributed by atoms with Gasteiger partial charge in [-0.2, -0.15) is 0 Å². The minimum atomic E-state index is -0.695. The Balaban J connectivity index is 2.84. The average Bonchev–Trinajstić information content (AvgIpc) is 2.42. The Bertz CT molecular complexity index is 476. The highest BCUT2D eigenvalue weighted by molar-refractivity contribution is 6.33. The Morgan fingerprint density at radius 3 is 2.60 bits per heavy atom. The number of aliphatic hydroxyl groups excluding tert-OH is 1. The SMILES string of the molecule is COC(=O)CCN(CC(C)O)C(=O)c1ccccc1Cl. The molecule has 5 nitrogen and oxygen atoms in total. The van der Waals surface area contributed by atoms with E-state index in [0.717, 1.165) is 0 Å². The van der Waals surface area contributed by atoms with Gasteiger partial charge in [-0.05, 0) is 19.1 Å². The van der Waals surface area contributed by atoms with Gasteiger partial charge in [-0.15, -0.1) is 0 Å². The first kappa shape index (κ1) is 16.5. The zero-order chi connectivity index (χ0) is 15.1. The number of hydrogen-bond acceptors (Lipinski definition) is 4. The van der Waals surface area contributed by atoms with Crippen molar-refractivity contribution in [1.82, 2.24) is 4.90 Å². The summed E-state index contributed by atoms with van der Waals surface area (Å²) < 4.78 is 4.55. The fourth-order valence-corrected chi connectivity index (χ4v) is 1.94. The molecule has 0 aliphatic heterocycles. The number of hydrogen-bond donors (Lipinski definition) is 1. The lowest BCUT2D eigenvalue weighted by Gasteiger charge is -2.24. The standard InChI is InChI=1S/C14H18ClNO4/c1-10(17)9-16(8-7-13(18)20-2)14(19)11-5-3-4-6-12(11)15/h3-6,10,17H,7-9H2,1-2H3. The molecule has 6 heteroatoms. The third-order valence-corrected chi connectivity index (χ3v) is 3.02. The van der Waals surface area contributed by atoms with E-state index in [2.05, 4.69) is 4.74 Å². The van der Waals surface area contributed by atoms with E-state index in [4.69, 9.17) is 11.6 Å². The van der Waals surface area contributed by atoms with Gasteiger partial charge < -0.3 is 14.7 Å². The predicted octanol–water partition coefficient (Wildman–Crippen LogP) is 1.73. The van der Waals surface area contributed by atoms with Gasteiger partial charge in [-0.1, -0.05) is 23.7 Å². The Kier molecular flexibility index (Phi) is 6.48. The molecule has 1 aromatic rings. The van der Waals surface area contributed by atoms with E-state index < -0.39 is 12.1 Å². The fourth-order valence-electron chi connectivity index (χ4n) is 1.73. The largest absolute Gasteiger partial charge is 0.469 e. The van der Waals surface area contributed by atoms with Crippen molar-refractivity contribution in [3.8, 4) is 0 Å². The van der Waals surface area contributed by atoms with Gasteiger partial charge >= 0.3 is 5.97 Å². The first-order valence-corrected chi connectivity index (χ1v) is 6.62. The molecule has 1 atom stereocenters. The van der Waals surface area contributed by atoms with E-state index in [1.807, 2.05) is 0 Å². The lowest BCUT2D eigenvalue weighted by Crippen LogP contribution is -2.38. The molecule has 1 aromatic carbocycles. The van der Waals surface area contributed by atoms with Crippen LogP contribution in [-0.2, 0) is 9.53 Å². The number of esters is 1. The molecule has 0 heterocycles. The molecule has 0 aliphatic rings. The smallest absolute Gasteiger partial charge is 0.307 e. The molecule has 0 aliphatic carbocycles. The molecule has 1 N–H and O–H groups in total. The Morgan fingerprint density at radius 1 is 1.40 bits per heavy atom. The predicted molar refractivity (Wildman–Crippen MR) is 75.7 cm³/mol. The van der Waals surface area contributed by atoms with Crippen LogP contribution in [-0.4, -0.2) is 48.2 Å². The second-order valence-electron chi connectivity index (χ2n) is 4.41. The monoisotopic (exact) mass is 299 g/mol. The van der Waals surface area contributed by atoms with Crippen LogP contribution in [0.15, 0.2) is 24.3 Å². The summed E-state index contributed by atoms with van der Waals surface area (Å²) in [5.41, 5.74) is 0.347. The van der Waals surface area contributed by atoms with Gasteiger partial charge in [0.1, 0.15) is 0 Å². The molecule has 20 heavy (non-hydrogen) atoms. The number of carbonyl (C=O) groups excluding carboxylic acids is 2. The maximum Gasteiger partial charge on any atom is 0.307 e. The Morgan fingerprint density at radius 2 is 2.05 bits per heavy atom. The maximum absolute atomic E-state index is 12.4. The number of halogens is 1. The number of nitrogens with zero attached hydrogens (tertiary/aromatic N) is 1. The van der Waals surface area contributed by atoms with E-state index in [1.54, 1.807) is 31.2 Å². The van der Waals surface area contributed by atoms with Crippen molar-refractivity contribution >= 4 is 23.5 Å². The number of methoxy groups -OCH3 is 1. The molecular weight excluding hydrogens is 282 g/mol. The van der Waals surface area contributed by atoms with Crippen LogP contribution in [0.3, 0.4) is 0 Å². The molecule has 1 amide bonds. The Labute approximate surface area is 123 Å². The molecule has 0 radical (unpaired) electrons. The number of benzene rings is 1. The van der Waals surface area contributed by atoms with Crippen molar-refractivity contribution in [2.24, 2.45) is 0 Å². The minimum Gasteiger partial charge on any atom is -0.469 e. The van der Waals surface area contributed by atoms with Gasteiger partial charge in [-0.3, -0.25) is 9.59 Å². The van der Waals surface area contributed by atoms with Crippen molar-refractivity contribution in [2.75, 3.05) is 20.2 Å². The van der Waals surface area contributed by atoms with Gasteiger partial charge in [0.05, 0.1) is 30.2 Å². The summed E-state index contributed by atoms with van der Waals surface area (Å²) in [6, 6.07) is 6.67. The van der Waals surface area contributed by atoms with Crippen molar-refractivity contribution in [1.29, 1.82) is 0 Å². The van der Waals surface area contributed by atoms with Crippen LogP contribution in [0.4, 0.5) is 0 Å². The van der Waals surface area contributed by atoms with Gasteiger partial charge in [0.25, 0.3) is 5.91 Å². The number of ether oxygens (including phenoxy) is 1. The van der Waals surface area contributed by atoms with Crippen LogP contribution in [0.25, 0.3) is 0 Å². The third-order valence-electron chi connectivity index (χ3n) is 2.69. The lowest BCUT2D eigenvalue weighted by atomic mass is 10.2. The number of carbonyl (C=O) groups is 2. The van der Waals surface area contributed by atoms with Gasteiger partial charge in [0, 0.05) is 13.1 Å². The Hall–Kier alpha value is -1.59. The molecule has 1 rings (SSSR count). The molecule has 0 saturated carbocycles. The van der Waals surface area contributed by atoms with Crippen molar-refractivity contribution in [2.45, 2.75) is 19.4 Å². The fraction of sp³-hybridized carbons (Fsp3) is 0.429. The molecule has 0 spiro atoms. The van der Waals surface area contributed by atoms with E-state index in [1.165, 1.54) is 12.0 Å². The normalized spacial score (nSPS) is 11.8. The first-order chi connectivity index (χ1) is 9.45. The van der Waals surface area contributed by atoms with Crippen LogP contribution in [0.1, 0.15) is 23.7 Å². The zero-order valence-corrected chi connectivity index (χ0v) is 12.3. The second kappa shape index (κ2) is 7.87. The minimum absolute atomic E-state index is 0.0689. The molecule has 0 bridgehead atoms. The number of amides is 1. The van der Waals surface area contributed by atoms with Gasteiger partial charge in [-0.25, -0.2) is 0 Å². The molecule has 0 aromatic heterocycles. The average molecular weight is 300 g/mol. The first-order valence-electron chi connectivity index (χ1n) is 6.24. The van der Waals surface area contributed by atoms with E-state index in [0.29, 0.717) is 10.6 Å². The highest BCUT2D eigenvalue weighted by Crippen LogP contribution is 2.17. The quantitative estimate of drug-likeness (QED) is 0.812. The summed E-state index contributed by atoms with van der Waals surface area (Å²) in [5.74, 6) is -0.729. The zero-order valence-electron chi connectivity index (χ0n) is 11.5. The van der Waals surface area contributed by atoms with E-state index in [-0.39, 0.29) is 25.4 Å². The van der Waals surface area contributed by atoms with Gasteiger partial charge in [0.15, 0.2) is 0 Å². The topological polar surface area (TPSA) is 66.8 Å². The summed E-state index contributed by atoms with van der Waals surface area (Å²) >= 11 is 5.99. The summed E-state index contributed by atoms with van der Waals surface area (Å²) in [5, 5.41) is 9.81. The van der Waals surface area contributed by atoms with E-state index in [9.17, 15) is 14.7 Å². The van der Waals surface area contributed by atoms with Crippen molar-refractivity contribution < 1.29 is 19.4 Å². The summed E-state index contributed by atoms with van der Waals surface area (Å²) in [6.45, 7) is 1.87. The highest BCUT2D eigenvalue weighted by Gasteiger charge is 2.20. The molecular formula is C14H18ClNO4. The van der Waals surface area contributed by atoms with Crippen molar-refractivity contribution in [3.63, 3.8) is 0 Å². The molecule has 110 valence electrons. The van der Waals surface area contributed by atoms with E-state index >= 15 is 0 Å². The number of aliphatic hydroxyl groups is 1. The van der Waals surface area contributed by atoms with Crippen LogP contribution >= 0.6 is 11.6 Å². The van der Waals surface area contributed by atoms with Crippen molar-refractivity contribution in [3.05, 3.63) is 34.9 Å². The van der Waals surface area contributed by atoms with Crippen LogP contribution in [0.5, 0.6) is 0 Å². The van der Waals surface area contributed by atoms with Crippen LogP contribution in [0.2, 0.25) is 5.02 Å². The third kappa shape index (κ3) is 4.83. The summed E-state index contributed by atoms with van der Waals surface area (Å²) in [6.07, 6.45) is -0.626. The second-order valence-corrected chi connectivity index (χ2v) is 4.81. The number of rotatable bonds is 6. The highest BCUT2D eigenvalue weighted by atomic mass is 35.5. The molecule has 0 fully saturated rings.